The fourth-order valence-electron chi connectivity index (χ4n) is 8.13. The molecule has 3 aromatic rings. The number of anilines is 2. The monoisotopic (exact) mass is 686 g/mol. The maximum atomic E-state index is 16.3. The number of halogens is 1. The Bertz CT molecular complexity index is 1660. The highest BCUT2D eigenvalue weighted by atomic mass is 28.4. The van der Waals surface area contributed by atoms with Gasteiger partial charge in [0, 0.05) is 42.3 Å². The molecule has 1 unspecified atom stereocenters. The summed E-state index contributed by atoms with van der Waals surface area (Å²) in [6.07, 6.45) is 0.883. The Hall–Kier alpha value is -3.90. The minimum Gasteiger partial charge on any atom is -0.395 e. The highest BCUT2D eigenvalue weighted by Gasteiger charge is 2.67. The minimum atomic E-state index is -3.48. The summed E-state index contributed by atoms with van der Waals surface area (Å²) in [6, 6.07) is 24.5. The smallest absolute Gasteiger partial charge is 0.264 e. The van der Waals surface area contributed by atoms with Crippen LogP contribution in [0.15, 0.2) is 78.9 Å². The van der Waals surface area contributed by atoms with E-state index in [1.807, 2.05) is 85.8 Å². The number of benzene rings is 3. The topological polar surface area (TPSA) is 111 Å². The number of hydrogen-bond donors (Lipinski definition) is 3. The number of nitrogens with zero attached hydrogens (tertiary/aromatic N) is 2. The van der Waals surface area contributed by atoms with Crippen LogP contribution in [0.25, 0.3) is 0 Å². The van der Waals surface area contributed by atoms with Crippen LogP contribution in [0.2, 0.25) is 18.6 Å². The van der Waals surface area contributed by atoms with Crippen LogP contribution in [-0.2, 0) is 37.8 Å². The van der Waals surface area contributed by atoms with Crippen molar-refractivity contribution < 1.29 is 28.3 Å². The van der Waals surface area contributed by atoms with E-state index >= 15 is 4.11 Å². The van der Waals surface area contributed by atoms with Gasteiger partial charge >= 0.3 is 0 Å². The third kappa shape index (κ3) is 7.08. The molecule has 5 atom stereocenters. The highest BCUT2D eigenvalue weighted by molar-refractivity contribution is 6.72. The number of carbonyl (C=O) groups is 3. The van der Waals surface area contributed by atoms with Crippen LogP contribution < -0.4 is 15.5 Å². The Morgan fingerprint density at radius 1 is 1.08 bits per heavy atom. The Kier molecular flexibility index (Phi) is 10.4. The van der Waals surface area contributed by atoms with Gasteiger partial charge in [0.1, 0.15) is 0 Å². The second kappa shape index (κ2) is 14.5. The van der Waals surface area contributed by atoms with E-state index in [0.29, 0.717) is 30.0 Å². The number of piperidine rings is 1. The van der Waals surface area contributed by atoms with E-state index in [9.17, 15) is 19.5 Å². The van der Waals surface area contributed by atoms with E-state index in [1.165, 1.54) is 0 Å². The van der Waals surface area contributed by atoms with Gasteiger partial charge in [0.25, 0.3) is 5.91 Å². The first kappa shape index (κ1) is 34.9. The molecule has 3 aromatic carbocycles. The molecule has 6 rings (SSSR count). The van der Waals surface area contributed by atoms with Gasteiger partial charge in [0.2, 0.25) is 20.2 Å². The molecule has 0 bridgehead atoms. The molecule has 3 aliphatic rings. The Morgan fingerprint density at radius 3 is 2.53 bits per heavy atom. The zero-order valence-corrected chi connectivity index (χ0v) is 29.5. The van der Waals surface area contributed by atoms with Crippen molar-refractivity contribution in [1.29, 1.82) is 0 Å². The number of rotatable bonds is 11. The summed E-state index contributed by atoms with van der Waals surface area (Å²) in [6.45, 7) is 7.17. The van der Waals surface area contributed by atoms with Gasteiger partial charge in [-0.25, -0.2) is 0 Å². The van der Waals surface area contributed by atoms with Crippen molar-refractivity contribution in [2.75, 3.05) is 36.5 Å². The molecular weight excluding hydrogens is 640 g/mol. The summed E-state index contributed by atoms with van der Waals surface area (Å²) >= 11 is 0. The Morgan fingerprint density at radius 2 is 1.82 bits per heavy atom. The normalized spacial score (nSPS) is 25.0. The zero-order valence-electron chi connectivity index (χ0n) is 28.5. The number of aliphatic hydroxyl groups is 1. The van der Waals surface area contributed by atoms with E-state index in [1.54, 1.807) is 22.9 Å². The van der Waals surface area contributed by atoms with Crippen molar-refractivity contribution >= 4 is 37.5 Å². The standard InChI is InChI=1S/C38H47FN4O5Si/c1-26-35(49(2,3)39)33(22-34(45)42(19-20-44)24-27-11-5-4-6-12-27)48-38(26)31-16-7-8-17-32(31)43(37(38)47)25-28-13-9-15-30(21-28)41-36(46)29-14-10-18-40-23-29/h4-9,11-13,15-17,21,26,29,33,35,40,44H,10,14,18-20,22-25H2,1-3H3,(H,41,46)/t26-,29?,33+,35-,38+/m0/s1. The van der Waals surface area contributed by atoms with Crippen LogP contribution in [0.5, 0.6) is 0 Å². The number of amides is 3. The largest absolute Gasteiger partial charge is 0.395 e. The zero-order chi connectivity index (χ0) is 34.8. The molecule has 3 aliphatic heterocycles. The number of ether oxygens (including phenoxy) is 1. The maximum Gasteiger partial charge on any atom is 0.264 e. The molecule has 0 saturated carbocycles. The van der Waals surface area contributed by atoms with Crippen molar-refractivity contribution in [3.63, 3.8) is 0 Å². The van der Waals surface area contributed by atoms with E-state index < -0.39 is 31.6 Å². The summed E-state index contributed by atoms with van der Waals surface area (Å²) in [5.41, 5.74) is 1.70. The molecular formula is C38H47FN4O5Si. The first-order chi connectivity index (χ1) is 23.5. The number of nitrogens with one attached hydrogen (secondary N) is 2. The quantitative estimate of drug-likeness (QED) is 0.185. The minimum absolute atomic E-state index is 0.0231. The molecule has 2 fully saturated rings. The van der Waals surface area contributed by atoms with Gasteiger partial charge in [-0.05, 0) is 61.8 Å². The average molecular weight is 687 g/mol. The van der Waals surface area contributed by atoms with Crippen LogP contribution in [0.3, 0.4) is 0 Å². The molecule has 11 heteroatoms. The molecule has 1 spiro atoms. The molecule has 0 radical (unpaired) electrons. The summed E-state index contributed by atoms with van der Waals surface area (Å²) in [7, 11) is -3.48. The number of hydrogen-bond acceptors (Lipinski definition) is 6. The lowest BCUT2D eigenvalue weighted by molar-refractivity contribution is -0.150. The summed E-state index contributed by atoms with van der Waals surface area (Å²) in [5, 5.41) is 16.1. The van der Waals surface area contributed by atoms with E-state index in [4.69, 9.17) is 4.74 Å². The maximum absolute atomic E-state index is 16.3. The van der Waals surface area contributed by atoms with Crippen molar-refractivity contribution in [3.05, 3.63) is 95.6 Å². The Balaban J connectivity index is 1.26. The lowest BCUT2D eigenvalue weighted by atomic mass is 9.82. The lowest BCUT2D eigenvalue weighted by Crippen LogP contribution is -2.45. The summed E-state index contributed by atoms with van der Waals surface area (Å²) in [5.74, 6) is -1.18. The van der Waals surface area contributed by atoms with Crippen molar-refractivity contribution in [2.45, 2.75) is 69.6 Å². The van der Waals surface area contributed by atoms with Gasteiger partial charge in [-0.3, -0.25) is 14.4 Å². The predicted octanol–water partition coefficient (Wildman–Crippen LogP) is 5.36. The number of carbonyl (C=O) groups excluding carboxylic acids is 3. The lowest BCUT2D eigenvalue weighted by Gasteiger charge is -2.31. The van der Waals surface area contributed by atoms with Crippen LogP contribution >= 0.6 is 0 Å². The van der Waals surface area contributed by atoms with Gasteiger partial charge in [-0.2, -0.15) is 0 Å². The highest BCUT2D eigenvalue weighted by Crippen LogP contribution is 2.60. The average Bonchev–Trinajstić information content (AvgIpc) is 3.51. The molecule has 3 amide bonds. The van der Waals surface area contributed by atoms with Gasteiger partial charge in [0.15, 0.2) is 5.60 Å². The van der Waals surface area contributed by atoms with E-state index in [-0.39, 0.29) is 49.8 Å². The molecule has 3 N–H and O–H groups in total. The van der Waals surface area contributed by atoms with Gasteiger partial charge < -0.3 is 34.4 Å². The third-order valence-electron chi connectivity index (χ3n) is 10.4. The van der Waals surface area contributed by atoms with Crippen LogP contribution in [0.4, 0.5) is 15.5 Å². The molecule has 49 heavy (non-hydrogen) atoms. The van der Waals surface area contributed by atoms with Crippen LogP contribution in [-0.4, -0.2) is 68.5 Å². The van der Waals surface area contributed by atoms with E-state index in [0.717, 1.165) is 30.5 Å². The van der Waals surface area contributed by atoms with Crippen LogP contribution in [0, 0.1) is 11.8 Å². The summed E-state index contributed by atoms with van der Waals surface area (Å²) in [4.78, 5) is 44.8. The van der Waals surface area contributed by atoms with Gasteiger partial charge in [0.05, 0.1) is 37.3 Å². The molecule has 2 saturated heterocycles. The summed E-state index contributed by atoms with van der Waals surface area (Å²) < 4.78 is 23.1. The Labute approximate surface area is 289 Å². The first-order valence-corrected chi connectivity index (χ1v) is 20.3. The third-order valence-corrected chi connectivity index (χ3v) is 12.8. The molecule has 9 nitrogen and oxygen atoms in total. The SMILES string of the molecule is C[C@H]1[C@H]([Si](C)(C)F)[C@@H](CC(=O)N(CCO)Cc2ccccc2)O[C@]12C(=O)N(Cc1cccc(NC(=O)C3CCCNC3)c1)c1ccccc12. The fourth-order valence-corrected chi connectivity index (χ4v) is 10.6. The first-order valence-electron chi connectivity index (χ1n) is 17.3. The van der Waals surface area contributed by atoms with E-state index in [2.05, 4.69) is 10.6 Å². The van der Waals surface area contributed by atoms with Gasteiger partial charge in [-0.15, -0.1) is 0 Å². The van der Waals surface area contributed by atoms with Crippen molar-refractivity contribution in [3.8, 4) is 0 Å². The van der Waals surface area contributed by atoms with Gasteiger partial charge in [-0.1, -0.05) is 67.6 Å². The fraction of sp³-hybridized carbons (Fsp3) is 0.447. The van der Waals surface area contributed by atoms with Crippen molar-refractivity contribution in [2.24, 2.45) is 11.8 Å². The number of aliphatic hydroxyl groups excluding tert-OH is 1. The second-order valence-electron chi connectivity index (χ2n) is 14.1. The predicted molar refractivity (Wildman–Crippen MR) is 190 cm³/mol. The second-order valence-corrected chi connectivity index (χ2v) is 17.9. The number of fused-ring (bicyclic) bond motifs is 2. The van der Waals surface area contributed by atoms with Crippen molar-refractivity contribution in [1.82, 2.24) is 10.2 Å². The molecule has 3 heterocycles. The number of para-hydroxylation sites is 1. The molecule has 0 aliphatic carbocycles. The van der Waals surface area contributed by atoms with Crippen LogP contribution in [0.1, 0.15) is 42.9 Å². The molecule has 260 valence electrons. The molecule has 0 aromatic heterocycles.